The van der Waals surface area contributed by atoms with Gasteiger partial charge in [0.1, 0.15) is 5.82 Å². The second-order valence-corrected chi connectivity index (χ2v) is 5.78. The fourth-order valence-electron chi connectivity index (χ4n) is 2.53. The van der Waals surface area contributed by atoms with E-state index in [-0.39, 0.29) is 11.9 Å². The van der Waals surface area contributed by atoms with Gasteiger partial charge in [-0.15, -0.1) is 0 Å². The van der Waals surface area contributed by atoms with Crippen LogP contribution < -0.4 is 5.73 Å². The molecule has 94 valence electrons. The molecule has 0 aromatic heterocycles. The van der Waals surface area contributed by atoms with Crippen LogP contribution in [-0.4, -0.2) is 24.5 Å². The van der Waals surface area contributed by atoms with Gasteiger partial charge in [-0.1, -0.05) is 32.0 Å². The number of hydrogen-bond acceptors (Lipinski definition) is 2. The molecule has 1 aliphatic rings. The van der Waals surface area contributed by atoms with Crippen LogP contribution in [0.15, 0.2) is 24.3 Å². The Morgan fingerprint density at radius 3 is 2.71 bits per heavy atom. The van der Waals surface area contributed by atoms with Crippen LogP contribution in [0.1, 0.15) is 31.9 Å². The lowest BCUT2D eigenvalue weighted by molar-refractivity contribution is 0.274. The van der Waals surface area contributed by atoms with Crippen LogP contribution in [0, 0.1) is 11.2 Å². The summed E-state index contributed by atoms with van der Waals surface area (Å²) in [5, 5.41) is 0. The average Bonchev–Trinajstić information content (AvgIpc) is 2.58. The zero-order valence-corrected chi connectivity index (χ0v) is 10.6. The smallest absolute Gasteiger partial charge is 0.128 e. The van der Waals surface area contributed by atoms with Gasteiger partial charge in [0.25, 0.3) is 0 Å². The Kier molecular flexibility index (Phi) is 3.50. The molecule has 2 rings (SSSR count). The maximum absolute atomic E-state index is 13.6. The lowest BCUT2D eigenvalue weighted by atomic mass is 9.93. The molecular formula is C14H21FN2. The fraction of sp³-hybridized carbons (Fsp3) is 0.571. The number of likely N-dealkylation sites (tertiary alicyclic amines) is 1. The van der Waals surface area contributed by atoms with Crippen LogP contribution in [-0.2, 0) is 0 Å². The van der Waals surface area contributed by atoms with Crippen molar-refractivity contribution >= 4 is 0 Å². The van der Waals surface area contributed by atoms with E-state index < -0.39 is 0 Å². The van der Waals surface area contributed by atoms with Crippen molar-refractivity contribution in [1.82, 2.24) is 4.90 Å². The van der Waals surface area contributed by atoms with Crippen molar-refractivity contribution in [2.24, 2.45) is 11.1 Å². The van der Waals surface area contributed by atoms with E-state index in [1.54, 1.807) is 12.1 Å². The summed E-state index contributed by atoms with van der Waals surface area (Å²) in [6.45, 7) is 7.39. The Hall–Kier alpha value is -0.930. The second kappa shape index (κ2) is 4.75. The predicted octanol–water partition coefficient (Wildman–Crippen LogP) is 2.56. The van der Waals surface area contributed by atoms with Crippen LogP contribution in [0.25, 0.3) is 0 Å². The van der Waals surface area contributed by atoms with Crippen molar-refractivity contribution in [3.8, 4) is 0 Å². The van der Waals surface area contributed by atoms with E-state index in [4.69, 9.17) is 5.73 Å². The monoisotopic (exact) mass is 236 g/mol. The summed E-state index contributed by atoms with van der Waals surface area (Å²) in [7, 11) is 0. The first kappa shape index (κ1) is 12.5. The van der Waals surface area contributed by atoms with E-state index in [1.807, 2.05) is 6.07 Å². The highest BCUT2D eigenvalue weighted by atomic mass is 19.1. The molecule has 0 bridgehead atoms. The summed E-state index contributed by atoms with van der Waals surface area (Å²) < 4.78 is 13.6. The molecule has 0 amide bonds. The van der Waals surface area contributed by atoms with E-state index in [2.05, 4.69) is 18.7 Å². The zero-order chi connectivity index (χ0) is 12.5. The molecule has 0 saturated carbocycles. The Labute approximate surface area is 103 Å². The van der Waals surface area contributed by atoms with E-state index in [9.17, 15) is 4.39 Å². The topological polar surface area (TPSA) is 29.3 Å². The molecular weight excluding hydrogens is 215 g/mol. The molecule has 1 aromatic carbocycles. The number of nitrogens with zero attached hydrogens (tertiary/aromatic N) is 1. The molecule has 0 radical (unpaired) electrons. The van der Waals surface area contributed by atoms with Gasteiger partial charge in [-0.05, 0) is 24.4 Å². The molecule has 1 unspecified atom stereocenters. The third kappa shape index (κ3) is 3.05. The van der Waals surface area contributed by atoms with Gasteiger partial charge in [0.05, 0.1) is 0 Å². The van der Waals surface area contributed by atoms with Crippen molar-refractivity contribution in [3.63, 3.8) is 0 Å². The number of halogens is 1. The number of nitrogens with two attached hydrogens (primary N) is 1. The SMILES string of the molecule is CC1(C)CCN(CC(N)c2ccccc2F)C1. The molecule has 1 fully saturated rings. The first-order chi connectivity index (χ1) is 7.98. The van der Waals surface area contributed by atoms with Gasteiger partial charge in [-0.25, -0.2) is 4.39 Å². The van der Waals surface area contributed by atoms with Crippen molar-refractivity contribution in [2.45, 2.75) is 26.3 Å². The van der Waals surface area contributed by atoms with E-state index in [1.165, 1.54) is 12.5 Å². The van der Waals surface area contributed by atoms with Crippen LogP contribution in [0.5, 0.6) is 0 Å². The lowest BCUT2D eigenvalue weighted by Crippen LogP contribution is -2.32. The van der Waals surface area contributed by atoms with Crippen molar-refractivity contribution in [1.29, 1.82) is 0 Å². The normalized spacial score (nSPS) is 21.6. The molecule has 3 heteroatoms. The first-order valence-corrected chi connectivity index (χ1v) is 6.20. The highest BCUT2D eigenvalue weighted by molar-refractivity contribution is 5.21. The predicted molar refractivity (Wildman–Crippen MR) is 68.2 cm³/mol. The van der Waals surface area contributed by atoms with E-state index in [0.29, 0.717) is 11.0 Å². The fourth-order valence-corrected chi connectivity index (χ4v) is 2.53. The van der Waals surface area contributed by atoms with Crippen LogP contribution in [0.2, 0.25) is 0 Å². The molecule has 1 heterocycles. The van der Waals surface area contributed by atoms with Crippen molar-refractivity contribution < 1.29 is 4.39 Å². The number of rotatable bonds is 3. The van der Waals surface area contributed by atoms with Gasteiger partial charge in [0.2, 0.25) is 0 Å². The average molecular weight is 236 g/mol. The molecule has 1 aromatic rings. The Morgan fingerprint density at radius 1 is 1.41 bits per heavy atom. The molecule has 1 aliphatic heterocycles. The van der Waals surface area contributed by atoms with Gasteiger partial charge in [0.15, 0.2) is 0 Å². The molecule has 0 spiro atoms. The van der Waals surface area contributed by atoms with Gasteiger partial charge in [-0.3, -0.25) is 0 Å². The Balaban J connectivity index is 1.99. The standard InChI is InChI=1S/C14H21FN2/c1-14(2)7-8-17(10-14)9-13(16)11-5-3-4-6-12(11)15/h3-6,13H,7-10,16H2,1-2H3. The Morgan fingerprint density at radius 2 is 2.12 bits per heavy atom. The number of benzene rings is 1. The maximum atomic E-state index is 13.6. The van der Waals surface area contributed by atoms with Gasteiger partial charge < -0.3 is 10.6 Å². The molecule has 2 nitrogen and oxygen atoms in total. The summed E-state index contributed by atoms with van der Waals surface area (Å²) in [4.78, 5) is 2.33. The van der Waals surface area contributed by atoms with Gasteiger partial charge in [0, 0.05) is 24.7 Å². The number of hydrogen-bond donors (Lipinski definition) is 1. The third-order valence-corrected chi connectivity index (χ3v) is 3.52. The highest BCUT2D eigenvalue weighted by Crippen LogP contribution is 2.29. The van der Waals surface area contributed by atoms with Crippen LogP contribution >= 0.6 is 0 Å². The maximum Gasteiger partial charge on any atom is 0.128 e. The first-order valence-electron chi connectivity index (χ1n) is 6.20. The summed E-state index contributed by atoms with van der Waals surface area (Å²) in [6.07, 6.45) is 1.19. The summed E-state index contributed by atoms with van der Waals surface area (Å²) >= 11 is 0. The zero-order valence-electron chi connectivity index (χ0n) is 10.6. The summed E-state index contributed by atoms with van der Waals surface area (Å²) in [6, 6.07) is 6.56. The molecule has 17 heavy (non-hydrogen) atoms. The van der Waals surface area contributed by atoms with Crippen LogP contribution in [0.4, 0.5) is 4.39 Å². The van der Waals surface area contributed by atoms with Crippen LogP contribution in [0.3, 0.4) is 0 Å². The van der Waals surface area contributed by atoms with Gasteiger partial charge in [-0.2, -0.15) is 0 Å². The molecule has 0 aliphatic carbocycles. The molecule has 2 N–H and O–H groups in total. The highest BCUT2D eigenvalue weighted by Gasteiger charge is 2.30. The quantitative estimate of drug-likeness (QED) is 0.874. The van der Waals surface area contributed by atoms with Gasteiger partial charge >= 0.3 is 0 Å². The van der Waals surface area contributed by atoms with Crippen molar-refractivity contribution in [3.05, 3.63) is 35.6 Å². The molecule has 1 saturated heterocycles. The Bertz CT molecular complexity index is 390. The lowest BCUT2D eigenvalue weighted by Gasteiger charge is -2.23. The molecule has 1 atom stereocenters. The summed E-state index contributed by atoms with van der Waals surface area (Å²) in [5.41, 5.74) is 7.07. The minimum atomic E-state index is -0.231. The second-order valence-electron chi connectivity index (χ2n) is 5.78. The van der Waals surface area contributed by atoms with E-state index in [0.717, 1.165) is 19.6 Å². The summed E-state index contributed by atoms with van der Waals surface area (Å²) in [5.74, 6) is -0.196. The third-order valence-electron chi connectivity index (χ3n) is 3.52. The van der Waals surface area contributed by atoms with E-state index >= 15 is 0 Å². The van der Waals surface area contributed by atoms with Crippen molar-refractivity contribution in [2.75, 3.05) is 19.6 Å². The minimum Gasteiger partial charge on any atom is -0.323 e. The minimum absolute atomic E-state index is 0.196. The largest absolute Gasteiger partial charge is 0.323 e.